The number of carbonyl (C=O) groups is 4. The highest BCUT2D eigenvalue weighted by Crippen LogP contribution is 2.41. The number of nitrogens with zero attached hydrogens (tertiary/aromatic N) is 5. The van der Waals surface area contributed by atoms with Crippen LogP contribution in [0, 0.1) is 11.3 Å². The minimum absolute atomic E-state index is 0.0165. The maximum Gasteiger partial charge on any atom is 0.573 e. The molecule has 0 radical (unpaired) electrons. The van der Waals surface area contributed by atoms with E-state index in [0.29, 0.717) is 87.1 Å². The second-order valence-electron chi connectivity index (χ2n) is 17.2. The molecular formula is C45H52ClF3N8O8. The van der Waals surface area contributed by atoms with Crippen LogP contribution in [0.25, 0.3) is 22.4 Å². The molecule has 5 heterocycles. The largest absolute Gasteiger partial charge is 0.573 e. The number of hydrogen-bond acceptors (Lipinski definition) is 11. The predicted octanol–water partition coefficient (Wildman–Crippen LogP) is 7.08. The zero-order chi connectivity index (χ0) is 46.6. The molecule has 16 nitrogen and oxygen atoms in total. The molecule has 3 aliphatic heterocycles. The molecule has 3 N–H and O–H groups in total. The summed E-state index contributed by atoms with van der Waals surface area (Å²) in [6, 6.07) is 10.7. The molecule has 7 rings (SSSR count). The van der Waals surface area contributed by atoms with Gasteiger partial charge < -0.3 is 49.3 Å². The van der Waals surface area contributed by atoms with Crippen LogP contribution in [0.5, 0.6) is 5.75 Å². The number of halogens is 4. The standard InChI is InChI=1S/C45H52ClF3N8O8/c1-44(2,3)42(60)56-16-14-55(15-17-56)37-11-10-29(23-50-37)40(58)53-33-22-36(65-45(47,48)49)31(21-32(33)46)26-6-8-27(9-7-26)34-24-51-39(52-34)35-20-30(62-4)25-57(35)41(59)38(54-43(61)63-5)28-12-18-64-19-13-28/h6-11,21-24,28,30,35,38H,12-20,25H2,1-5H3,(H,51,52)(H,53,58)(H,54,61)/t30?,35-,38?/m0/s1. The maximum absolute atomic E-state index is 14.2. The number of imidazole rings is 1. The molecule has 2 aromatic carbocycles. The number of nitrogens with one attached hydrogen (secondary N) is 3. The van der Waals surface area contributed by atoms with Crippen LogP contribution in [0.2, 0.25) is 5.02 Å². The molecule has 3 saturated heterocycles. The molecule has 348 valence electrons. The number of H-pyrrole nitrogens is 1. The number of ether oxygens (including phenoxy) is 4. The van der Waals surface area contributed by atoms with Crippen molar-refractivity contribution in [1.82, 2.24) is 30.1 Å². The van der Waals surface area contributed by atoms with Crippen LogP contribution in [0.4, 0.5) is 29.5 Å². The van der Waals surface area contributed by atoms with Crippen LogP contribution in [-0.2, 0) is 23.8 Å². The fourth-order valence-corrected chi connectivity index (χ4v) is 8.56. The molecule has 0 bridgehead atoms. The zero-order valence-corrected chi connectivity index (χ0v) is 37.4. The number of carbonyl (C=O) groups excluding carboxylic acids is 4. The van der Waals surface area contributed by atoms with Gasteiger partial charge in [0.15, 0.2) is 0 Å². The Bertz CT molecular complexity index is 2340. The van der Waals surface area contributed by atoms with E-state index in [1.54, 1.807) is 54.6 Å². The Morgan fingerprint density at radius 1 is 0.923 bits per heavy atom. The van der Waals surface area contributed by atoms with E-state index in [4.69, 9.17) is 25.8 Å². The quantitative estimate of drug-likeness (QED) is 0.140. The van der Waals surface area contributed by atoms with Crippen LogP contribution in [-0.4, -0.2) is 127 Å². The third-order valence-corrected chi connectivity index (χ3v) is 12.2. The van der Waals surface area contributed by atoms with E-state index >= 15 is 0 Å². The van der Waals surface area contributed by atoms with E-state index in [-0.39, 0.29) is 52.2 Å². The van der Waals surface area contributed by atoms with Gasteiger partial charge in [-0.25, -0.2) is 14.8 Å². The minimum Gasteiger partial charge on any atom is -0.453 e. The Morgan fingerprint density at radius 3 is 2.23 bits per heavy atom. The van der Waals surface area contributed by atoms with Gasteiger partial charge in [0.1, 0.15) is 23.4 Å². The smallest absolute Gasteiger partial charge is 0.453 e. The highest BCUT2D eigenvalue weighted by Gasteiger charge is 2.43. The summed E-state index contributed by atoms with van der Waals surface area (Å²) in [5.74, 6) is -0.523. The van der Waals surface area contributed by atoms with Gasteiger partial charge in [-0.2, -0.15) is 0 Å². The summed E-state index contributed by atoms with van der Waals surface area (Å²) in [4.78, 5) is 70.4. The first-order valence-corrected chi connectivity index (χ1v) is 21.6. The normalized spacial score (nSPS) is 18.9. The van der Waals surface area contributed by atoms with Crippen molar-refractivity contribution in [3.05, 3.63) is 77.3 Å². The molecule has 20 heteroatoms. The van der Waals surface area contributed by atoms with Crippen LogP contribution in [0.15, 0.2) is 60.9 Å². The van der Waals surface area contributed by atoms with Crippen molar-refractivity contribution < 1.29 is 51.3 Å². The van der Waals surface area contributed by atoms with Crippen molar-refractivity contribution >= 4 is 46.9 Å². The number of anilines is 2. The van der Waals surface area contributed by atoms with E-state index in [0.717, 1.165) is 6.07 Å². The summed E-state index contributed by atoms with van der Waals surface area (Å²) < 4.78 is 61.9. The molecule has 4 aromatic rings. The molecule has 2 unspecified atom stereocenters. The van der Waals surface area contributed by atoms with Gasteiger partial charge in [-0.15, -0.1) is 13.2 Å². The van der Waals surface area contributed by atoms with Crippen molar-refractivity contribution in [3.8, 4) is 28.1 Å². The number of alkyl carbamates (subject to hydrolysis) is 1. The van der Waals surface area contributed by atoms with E-state index in [9.17, 15) is 32.3 Å². The Labute approximate surface area is 379 Å². The number of hydrogen-bond donors (Lipinski definition) is 3. The Hall–Kier alpha value is -5.92. The van der Waals surface area contributed by atoms with Gasteiger partial charge in [-0.05, 0) is 48.1 Å². The SMILES string of the molecule is COC(=O)NC(C(=O)N1CC(OC)C[C@H]1c1ncc(-c2ccc(-c3cc(Cl)c(NC(=O)c4ccc(N5CCN(C(=O)C(C)(C)C)CC5)nc4)cc3OC(F)(F)F)cc2)[nH]1)C1CCOCC1. The first-order valence-electron chi connectivity index (χ1n) is 21.2. The Kier molecular flexibility index (Phi) is 14.2. The average Bonchev–Trinajstić information content (AvgIpc) is 3.97. The zero-order valence-electron chi connectivity index (χ0n) is 36.7. The van der Waals surface area contributed by atoms with Gasteiger partial charge in [-0.1, -0.05) is 56.6 Å². The van der Waals surface area contributed by atoms with Crippen molar-refractivity contribution in [1.29, 1.82) is 0 Å². The molecule has 3 atom stereocenters. The topological polar surface area (TPSA) is 181 Å². The summed E-state index contributed by atoms with van der Waals surface area (Å²) in [5, 5.41) is 5.28. The lowest BCUT2D eigenvalue weighted by molar-refractivity contribution is -0.274. The predicted molar refractivity (Wildman–Crippen MR) is 234 cm³/mol. The van der Waals surface area contributed by atoms with Gasteiger partial charge in [0.05, 0.1) is 47.4 Å². The molecule has 3 aliphatic rings. The molecule has 0 saturated carbocycles. The van der Waals surface area contributed by atoms with E-state index in [1.807, 2.05) is 30.6 Å². The third kappa shape index (κ3) is 11.1. The Morgan fingerprint density at radius 2 is 1.62 bits per heavy atom. The number of benzene rings is 2. The van der Waals surface area contributed by atoms with Crippen molar-refractivity contribution in [3.63, 3.8) is 0 Å². The number of rotatable bonds is 11. The van der Waals surface area contributed by atoms with Crippen LogP contribution in [0.3, 0.4) is 0 Å². The van der Waals surface area contributed by atoms with Gasteiger partial charge >= 0.3 is 12.5 Å². The van der Waals surface area contributed by atoms with Gasteiger partial charge in [0.25, 0.3) is 5.91 Å². The van der Waals surface area contributed by atoms with Crippen LogP contribution >= 0.6 is 11.6 Å². The monoisotopic (exact) mass is 924 g/mol. The van der Waals surface area contributed by atoms with E-state index in [2.05, 4.69) is 30.3 Å². The molecule has 3 fully saturated rings. The highest BCUT2D eigenvalue weighted by atomic mass is 35.5. The first-order chi connectivity index (χ1) is 30.9. The summed E-state index contributed by atoms with van der Waals surface area (Å²) >= 11 is 6.60. The summed E-state index contributed by atoms with van der Waals surface area (Å²) in [6.07, 6.45) is -1.50. The highest BCUT2D eigenvalue weighted by molar-refractivity contribution is 6.34. The summed E-state index contributed by atoms with van der Waals surface area (Å²) in [6.45, 7) is 9.04. The minimum atomic E-state index is -5.07. The number of piperazine rings is 1. The number of likely N-dealkylation sites (tertiary alicyclic amines) is 1. The molecule has 4 amide bonds. The molecule has 65 heavy (non-hydrogen) atoms. The number of amides is 4. The van der Waals surface area contributed by atoms with Crippen LogP contribution < -0.4 is 20.3 Å². The molecule has 2 aromatic heterocycles. The second-order valence-corrected chi connectivity index (χ2v) is 17.6. The van der Waals surface area contributed by atoms with Crippen LogP contribution in [0.1, 0.15) is 62.3 Å². The van der Waals surface area contributed by atoms with E-state index in [1.165, 1.54) is 19.4 Å². The maximum atomic E-state index is 14.2. The molecule has 0 spiro atoms. The Balaban J connectivity index is 1.05. The molecule has 0 aliphatic carbocycles. The van der Waals surface area contributed by atoms with Gasteiger partial charge in [0, 0.05) is 82.7 Å². The summed E-state index contributed by atoms with van der Waals surface area (Å²) in [5.41, 5.74) is 1.13. The average molecular weight is 925 g/mol. The van der Waals surface area contributed by atoms with E-state index < -0.39 is 41.6 Å². The van der Waals surface area contributed by atoms with Gasteiger partial charge in [0.2, 0.25) is 11.8 Å². The number of methoxy groups -OCH3 is 2. The second kappa shape index (κ2) is 19.7. The number of aromatic amines is 1. The lowest BCUT2D eigenvalue weighted by Gasteiger charge is -2.38. The lowest BCUT2D eigenvalue weighted by Crippen LogP contribution is -2.53. The fourth-order valence-electron chi connectivity index (χ4n) is 8.35. The third-order valence-electron chi connectivity index (χ3n) is 11.8. The van der Waals surface area contributed by atoms with Gasteiger partial charge in [-0.3, -0.25) is 14.4 Å². The number of aromatic nitrogens is 3. The number of pyridine rings is 1. The first kappa shape index (κ1) is 47.1. The van der Waals surface area contributed by atoms with Crippen molar-refractivity contribution in [2.75, 3.05) is 70.4 Å². The summed E-state index contributed by atoms with van der Waals surface area (Å²) in [7, 11) is 2.81. The molecular weight excluding hydrogens is 873 g/mol. The van der Waals surface area contributed by atoms with Crippen molar-refractivity contribution in [2.24, 2.45) is 11.3 Å². The lowest BCUT2D eigenvalue weighted by atomic mass is 9.90. The number of alkyl halides is 3. The van der Waals surface area contributed by atoms with Crippen molar-refractivity contribution in [2.45, 2.75) is 64.6 Å². The fraction of sp³-hybridized carbons (Fsp3) is 0.467.